The van der Waals surface area contributed by atoms with Gasteiger partial charge < -0.3 is 9.52 Å². The van der Waals surface area contributed by atoms with E-state index in [-0.39, 0.29) is 0 Å². The molecule has 0 aromatic carbocycles. The predicted molar refractivity (Wildman–Crippen MR) is 58.3 cm³/mol. The van der Waals surface area contributed by atoms with Crippen molar-refractivity contribution in [2.24, 2.45) is 5.92 Å². The van der Waals surface area contributed by atoms with Crippen LogP contribution in [0.5, 0.6) is 0 Å². The minimum absolute atomic E-state index is 0.552. The molecule has 1 aliphatic carbocycles. The molecule has 0 amide bonds. The van der Waals surface area contributed by atoms with E-state index in [1.165, 1.54) is 6.42 Å². The first-order valence-corrected chi connectivity index (χ1v) is 5.43. The Labute approximate surface area is 90.3 Å². The summed E-state index contributed by atoms with van der Waals surface area (Å²) in [6, 6.07) is 3.84. The van der Waals surface area contributed by atoms with Crippen LogP contribution in [0.25, 0.3) is 0 Å². The molecule has 2 nitrogen and oxygen atoms in total. The van der Waals surface area contributed by atoms with Gasteiger partial charge in [-0.3, -0.25) is 0 Å². The Morgan fingerprint density at radius 1 is 1.67 bits per heavy atom. The Bertz CT molecular complexity index is 372. The van der Waals surface area contributed by atoms with E-state index < -0.39 is 6.10 Å². The molecular formula is C13H16O2. The van der Waals surface area contributed by atoms with E-state index in [0.717, 1.165) is 11.7 Å². The van der Waals surface area contributed by atoms with E-state index in [0.29, 0.717) is 24.5 Å². The second-order valence-corrected chi connectivity index (χ2v) is 4.32. The Balaban J connectivity index is 1.97. The van der Waals surface area contributed by atoms with Crippen molar-refractivity contribution in [1.82, 2.24) is 0 Å². The lowest BCUT2D eigenvalue weighted by atomic mass is 10.1. The molecule has 1 aromatic heterocycles. The molecule has 1 fully saturated rings. The topological polar surface area (TPSA) is 33.4 Å². The predicted octanol–water partition coefficient (Wildman–Crippen LogP) is 2.85. The minimum atomic E-state index is -0.552. The summed E-state index contributed by atoms with van der Waals surface area (Å²) in [6.45, 7) is 2.21. The molecule has 0 bridgehead atoms. The second kappa shape index (κ2) is 4.12. The Morgan fingerprint density at radius 3 is 3.00 bits per heavy atom. The highest BCUT2D eigenvalue weighted by atomic mass is 16.4. The van der Waals surface area contributed by atoms with Gasteiger partial charge in [0, 0.05) is 12.3 Å². The number of aliphatic hydroxyl groups excluding tert-OH is 1. The molecule has 1 aromatic rings. The smallest absolute Gasteiger partial charge is 0.132 e. The van der Waals surface area contributed by atoms with Crippen LogP contribution in [0, 0.1) is 18.3 Å². The fourth-order valence-corrected chi connectivity index (χ4v) is 1.83. The highest BCUT2D eigenvalue weighted by Gasteiger charge is 2.36. The van der Waals surface area contributed by atoms with Gasteiger partial charge in [-0.1, -0.05) is 6.92 Å². The van der Waals surface area contributed by atoms with E-state index in [1.807, 2.05) is 12.1 Å². The van der Waals surface area contributed by atoms with Crippen LogP contribution < -0.4 is 0 Å². The molecule has 1 heterocycles. The molecule has 0 spiro atoms. The highest BCUT2D eigenvalue weighted by Crippen LogP contribution is 2.47. The SMILES string of the molecule is C#CCCC(O)c1ccc(C2CC2C)o1. The van der Waals surface area contributed by atoms with E-state index in [1.54, 1.807) is 0 Å². The molecule has 1 N–H and O–H groups in total. The molecular weight excluding hydrogens is 188 g/mol. The van der Waals surface area contributed by atoms with Gasteiger partial charge >= 0.3 is 0 Å². The van der Waals surface area contributed by atoms with Crippen LogP contribution in [0.15, 0.2) is 16.5 Å². The van der Waals surface area contributed by atoms with Crippen molar-refractivity contribution in [3.8, 4) is 12.3 Å². The first-order valence-electron chi connectivity index (χ1n) is 5.43. The average molecular weight is 204 g/mol. The molecule has 0 saturated heterocycles. The van der Waals surface area contributed by atoms with Gasteiger partial charge in [0.15, 0.2) is 0 Å². The zero-order valence-electron chi connectivity index (χ0n) is 8.94. The number of hydrogen-bond donors (Lipinski definition) is 1. The molecule has 0 aliphatic heterocycles. The normalized spacial score (nSPS) is 25.9. The highest BCUT2D eigenvalue weighted by molar-refractivity contribution is 5.18. The lowest BCUT2D eigenvalue weighted by Crippen LogP contribution is -1.94. The quantitative estimate of drug-likeness (QED) is 0.765. The largest absolute Gasteiger partial charge is 0.463 e. The molecule has 80 valence electrons. The maximum Gasteiger partial charge on any atom is 0.132 e. The summed E-state index contributed by atoms with van der Waals surface area (Å²) >= 11 is 0. The van der Waals surface area contributed by atoms with Crippen molar-refractivity contribution in [1.29, 1.82) is 0 Å². The number of rotatable bonds is 4. The fourth-order valence-electron chi connectivity index (χ4n) is 1.83. The Morgan fingerprint density at radius 2 is 2.40 bits per heavy atom. The zero-order valence-corrected chi connectivity index (χ0v) is 8.94. The van der Waals surface area contributed by atoms with E-state index >= 15 is 0 Å². The third-order valence-electron chi connectivity index (χ3n) is 3.01. The zero-order chi connectivity index (χ0) is 10.8. The molecule has 15 heavy (non-hydrogen) atoms. The summed E-state index contributed by atoms with van der Waals surface area (Å²) in [5.74, 6) is 5.48. The number of hydrogen-bond acceptors (Lipinski definition) is 2. The minimum Gasteiger partial charge on any atom is -0.463 e. The molecule has 2 heteroatoms. The van der Waals surface area contributed by atoms with Crippen LogP contribution >= 0.6 is 0 Å². The van der Waals surface area contributed by atoms with Gasteiger partial charge in [-0.05, 0) is 30.9 Å². The van der Waals surface area contributed by atoms with Gasteiger partial charge in [0.05, 0.1) is 0 Å². The van der Waals surface area contributed by atoms with Gasteiger partial charge in [-0.25, -0.2) is 0 Å². The monoisotopic (exact) mass is 204 g/mol. The van der Waals surface area contributed by atoms with Crippen LogP contribution in [0.1, 0.15) is 49.7 Å². The molecule has 1 aliphatic rings. The van der Waals surface area contributed by atoms with E-state index in [9.17, 15) is 5.11 Å². The molecule has 0 radical (unpaired) electrons. The van der Waals surface area contributed by atoms with Crippen LogP contribution in [0.4, 0.5) is 0 Å². The third kappa shape index (κ3) is 2.24. The third-order valence-corrected chi connectivity index (χ3v) is 3.01. The van der Waals surface area contributed by atoms with Crippen molar-refractivity contribution >= 4 is 0 Å². The van der Waals surface area contributed by atoms with Crippen molar-refractivity contribution in [3.63, 3.8) is 0 Å². The number of furan rings is 1. The summed E-state index contributed by atoms with van der Waals surface area (Å²) in [5, 5.41) is 9.74. The van der Waals surface area contributed by atoms with Crippen molar-refractivity contribution in [2.45, 2.75) is 38.2 Å². The standard InChI is InChI=1S/C13H16O2/c1-3-4-5-11(14)13-7-6-12(15-13)10-8-9(10)2/h1,6-7,9-11,14H,4-5,8H2,2H3. The van der Waals surface area contributed by atoms with Crippen LogP contribution in [0.3, 0.4) is 0 Å². The summed E-state index contributed by atoms with van der Waals surface area (Å²) in [6.07, 6.45) is 6.95. The van der Waals surface area contributed by atoms with Gasteiger partial charge in [0.1, 0.15) is 17.6 Å². The van der Waals surface area contributed by atoms with Crippen molar-refractivity contribution in [2.75, 3.05) is 0 Å². The lowest BCUT2D eigenvalue weighted by molar-refractivity contribution is 0.140. The van der Waals surface area contributed by atoms with Gasteiger partial charge in [0.25, 0.3) is 0 Å². The summed E-state index contributed by atoms with van der Waals surface area (Å²) in [5.41, 5.74) is 0. The Kier molecular flexibility index (Phi) is 2.83. The van der Waals surface area contributed by atoms with Gasteiger partial charge in [-0.15, -0.1) is 12.3 Å². The number of terminal acetylenes is 1. The summed E-state index contributed by atoms with van der Waals surface area (Å²) in [7, 11) is 0. The first kappa shape index (κ1) is 10.3. The molecule has 3 unspecified atom stereocenters. The van der Waals surface area contributed by atoms with Gasteiger partial charge in [-0.2, -0.15) is 0 Å². The molecule has 2 rings (SSSR count). The maximum absolute atomic E-state index is 9.74. The lowest BCUT2D eigenvalue weighted by Gasteiger charge is -2.04. The van der Waals surface area contributed by atoms with Crippen LogP contribution in [-0.4, -0.2) is 5.11 Å². The summed E-state index contributed by atoms with van der Waals surface area (Å²) in [4.78, 5) is 0. The van der Waals surface area contributed by atoms with Crippen molar-refractivity contribution in [3.05, 3.63) is 23.7 Å². The molecule has 1 saturated carbocycles. The second-order valence-electron chi connectivity index (χ2n) is 4.32. The number of aliphatic hydroxyl groups is 1. The van der Waals surface area contributed by atoms with Crippen LogP contribution in [0.2, 0.25) is 0 Å². The van der Waals surface area contributed by atoms with E-state index in [2.05, 4.69) is 12.8 Å². The fraction of sp³-hybridized carbons (Fsp3) is 0.538. The first-order chi connectivity index (χ1) is 7.22. The Hall–Kier alpha value is -1.20. The van der Waals surface area contributed by atoms with E-state index in [4.69, 9.17) is 10.8 Å². The van der Waals surface area contributed by atoms with Crippen LogP contribution in [-0.2, 0) is 0 Å². The summed E-state index contributed by atoms with van der Waals surface area (Å²) < 4.78 is 5.62. The maximum atomic E-state index is 9.74. The van der Waals surface area contributed by atoms with Crippen molar-refractivity contribution < 1.29 is 9.52 Å². The molecule has 3 atom stereocenters. The van der Waals surface area contributed by atoms with Gasteiger partial charge in [0.2, 0.25) is 0 Å². The average Bonchev–Trinajstić information content (AvgIpc) is 2.80.